The van der Waals surface area contributed by atoms with Gasteiger partial charge in [-0.25, -0.2) is 0 Å². The summed E-state index contributed by atoms with van der Waals surface area (Å²) in [4.78, 5) is 0. The number of hydrogen-bond donors (Lipinski definition) is 1. The van der Waals surface area contributed by atoms with E-state index in [9.17, 15) is 5.11 Å². The van der Waals surface area contributed by atoms with E-state index in [4.69, 9.17) is 18.9 Å². The second-order valence-corrected chi connectivity index (χ2v) is 6.84. The molecule has 1 fully saturated rings. The predicted octanol–water partition coefficient (Wildman–Crippen LogP) is 3.16. The highest BCUT2D eigenvalue weighted by Crippen LogP contribution is 2.31. The Morgan fingerprint density at radius 1 is 0.852 bits per heavy atom. The molecule has 5 atom stereocenters. The first-order valence-electron chi connectivity index (χ1n) is 9.33. The molecular formula is C22H28O5. The first-order valence-corrected chi connectivity index (χ1v) is 9.33. The van der Waals surface area contributed by atoms with Gasteiger partial charge >= 0.3 is 0 Å². The number of aliphatic hydroxyl groups excluding tert-OH is 1. The summed E-state index contributed by atoms with van der Waals surface area (Å²) in [5, 5.41) is 9.85. The van der Waals surface area contributed by atoms with Gasteiger partial charge in [-0.1, -0.05) is 67.6 Å². The van der Waals surface area contributed by atoms with Gasteiger partial charge in [-0.2, -0.15) is 0 Å². The van der Waals surface area contributed by atoms with E-state index in [0.717, 1.165) is 11.1 Å². The molecule has 0 saturated carbocycles. The molecule has 1 N–H and O–H groups in total. The van der Waals surface area contributed by atoms with Gasteiger partial charge < -0.3 is 24.1 Å². The van der Waals surface area contributed by atoms with E-state index < -0.39 is 12.4 Å². The Labute approximate surface area is 160 Å². The molecule has 0 bridgehead atoms. The number of benzene rings is 2. The summed E-state index contributed by atoms with van der Waals surface area (Å²) in [5.41, 5.74) is 2.16. The van der Waals surface area contributed by atoms with Crippen molar-refractivity contribution in [3.63, 3.8) is 0 Å². The fourth-order valence-electron chi connectivity index (χ4n) is 3.44. The molecule has 0 amide bonds. The van der Waals surface area contributed by atoms with Crippen LogP contribution in [0.2, 0.25) is 0 Å². The topological polar surface area (TPSA) is 57.2 Å². The van der Waals surface area contributed by atoms with Crippen LogP contribution in [0.5, 0.6) is 0 Å². The van der Waals surface area contributed by atoms with Crippen LogP contribution in [0.3, 0.4) is 0 Å². The van der Waals surface area contributed by atoms with Gasteiger partial charge in [-0.3, -0.25) is 0 Å². The van der Waals surface area contributed by atoms with Crippen molar-refractivity contribution in [3.8, 4) is 0 Å². The second-order valence-electron chi connectivity index (χ2n) is 6.84. The summed E-state index contributed by atoms with van der Waals surface area (Å²) < 4.78 is 23.8. The van der Waals surface area contributed by atoms with Gasteiger partial charge in [0, 0.05) is 13.0 Å². The molecule has 146 valence electrons. The zero-order chi connectivity index (χ0) is 19.1. The molecule has 1 aliphatic heterocycles. The van der Waals surface area contributed by atoms with Gasteiger partial charge in [0.25, 0.3) is 0 Å². The third-order valence-corrected chi connectivity index (χ3v) is 4.93. The Morgan fingerprint density at radius 3 is 1.85 bits per heavy atom. The highest BCUT2D eigenvalue weighted by Gasteiger charge is 2.45. The zero-order valence-electron chi connectivity index (χ0n) is 15.9. The Kier molecular flexibility index (Phi) is 7.38. The van der Waals surface area contributed by atoms with Gasteiger partial charge in [0.2, 0.25) is 0 Å². The average molecular weight is 372 g/mol. The van der Waals surface area contributed by atoms with E-state index in [0.29, 0.717) is 13.2 Å². The lowest BCUT2D eigenvalue weighted by Gasteiger charge is -2.44. The molecule has 0 radical (unpaired) electrons. The van der Waals surface area contributed by atoms with Crippen molar-refractivity contribution >= 4 is 0 Å². The third-order valence-electron chi connectivity index (χ3n) is 4.93. The maximum Gasteiger partial charge on any atom is 0.162 e. The average Bonchev–Trinajstić information content (AvgIpc) is 2.73. The molecule has 27 heavy (non-hydrogen) atoms. The molecule has 2 aromatic carbocycles. The molecule has 5 nitrogen and oxygen atoms in total. The van der Waals surface area contributed by atoms with Crippen LogP contribution in [0, 0.1) is 5.92 Å². The van der Waals surface area contributed by atoms with Gasteiger partial charge in [0.15, 0.2) is 6.29 Å². The van der Waals surface area contributed by atoms with E-state index in [1.165, 1.54) is 0 Å². The van der Waals surface area contributed by atoms with Gasteiger partial charge in [0.05, 0.1) is 25.9 Å². The van der Waals surface area contributed by atoms with Crippen molar-refractivity contribution in [1.29, 1.82) is 0 Å². The van der Waals surface area contributed by atoms with Crippen LogP contribution in [0.15, 0.2) is 60.7 Å². The molecule has 5 heteroatoms. The summed E-state index contributed by atoms with van der Waals surface area (Å²) in [6.45, 7) is 2.77. The number of methoxy groups -OCH3 is 1. The smallest absolute Gasteiger partial charge is 0.162 e. The fourth-order valence-corrected chi connectivity index (χ4v) is 3.44. The largest absolute Gasteiger partial charge is 0.394 e. The minimum absolute atomic E-state index is 0.0396. The van der Waals surface area contributed by atoms with Crippen LogP contribution in [0.25, 0.3) is 0 Å². The summed E-state index contributed by atoms with van der Waals surface area (Å²) in [6.07, 6.45) is -1.60. The lowest BCUT2D eigenvalue weighted by molar-refractivity contribution is -0.293. The SMILES string of the molecule is CO[C@@H]1OC(CO)[C@H](OCc2ccccc2)[C@H](OCc2ccccc2)C1C. The van der Waals surface area contributed by atoms with E-state index in [2.05, 4.69) is 0 Å². The number of hydrogen-bond acceptors (Lipinski definition) is 5. The first-order chi connectivity index (χ1) is 13.2. The standard InChI is InChI=1S/C22H28O5/c1-16-20(25-14-17-9-5-3-6-10-17)21(19(13-23)27-22(16)24-2)26-15-18-11-7-4-8-12-18/h3-12,16,19-23H,13-15H2,1-2H3/t16?,19?,20-,21+,22-/m1/s1. The molecule has 3 rings (SSSR count). The van der Waals surface area contributed by atoms with Crippen molar-refractivity contribution in [3.05, 3.63) is 71.8 Å². The number of rotatable bonds is 8. The molecule has 0 aromatic heterocycles. The van der Waals surface area contributed by atoms with Crippen molar-refractivity contribution in [2.24, 2.45) is 5.92 Å². The van der Waals surface area contributed by atoms with Crippen LogP contribution in [-0.2, 0) is 32.2 Å². The highest BCUT2D eigenvalue weighted by atomic mass is 16.7. The zero-order valence-corrected chi connectivity index (χ0v) is 15.9. The van der Waals surface area contributed by atoms with Crippen LogP contribution in [0.4, 0.5) is 0 Å². The normalized spacial score (nSPS) is 28.2. The molecule has 1 saturated heterocycles. The van der Waals surface area contributed by atoms with E-state index in [-0.39, 0.29) is 24.7 Å². The number of ether oxygens (including phenoxy) is 4. The predicted molar refractivity (Wildman–Crippen MR) is 102 cm³/mol. The molecule has 2 aromatic rings. The van der Waals surface area contributed by atoms with Crippen LogP contribution in [0.1, 0.15) is 18.1 Å². The summed E-state index contributed by atoms with van der Waals surface area (Å²) >= 11 is 0. The molecular weight excluding hydrogens is 344 g/mol. The first kappa shape index (κ1) is 20.0. The minimum atomic E-state index is -0.504. The molecule has 0 aliphatic carbocycles. The number of aliphatic hydroxyl groups is 1. The van der Waals surface area contributed by atoms with Crippen molar-refractivity contribution in [2.45, 2.75) is 44.7 Å². The summed E-state index contributed by atoms with van der Waals surface area (Å²) in [5.74, 6) is -0.0396. The Balaban J connectivity index is 1.73. The quantitative estimate of drug-likeness (QED) is 0.771. The van der Waals surface area contributed by atoms with E-state index in [1.54, 1.807) is 7.11 Å². The Morgan fingerprint density at radius 2 is 1.37 bits per heavy atom. The van der Waals surface area contributed by atoms with Crippen molar-refractivity contribution in [2.75, 3.05) is 13.7 Å². The van der Waals surface area contributed by atoms with Crippen LogP contribution < -0.4 is 0 Å². The van der Waals surface area contributed by atoms with Gasteiger partial charge in [-0.15, -0.1) is 0 Å². The summed E-state index contributed by atoms with van der Waals surface area (Å²) in [7, 11) is 1.61. The fraction of sp³-hybridized carbons (Fsp3) is 0.455. The van der Waals surface area contributed by atoms with E-state index in [1.807, 2.05) is 67.6 Å². The second kappa shape index (κ2) is 9.97. The van der Waals surface area contributed by atoms with Gasteiger partial charge in [-0.05, 0) is 11.1 Å². The molecule has 1 heterocycles. The van der Waals surface area contributed by atoms with E-state index >= 15 is 0 Å². The van der Waals surface area contributed by atoms with Crippen LogP contribution >= 0.6 is 0 Å². The molecule has 0 spiro atoms. The van der Waals surface area contributed by atoms with Crippen LogP contribution in [-0.4, -0.2) is 43.4 Å². The van der Waals surface area contributed by atoms with Gasteiger partial charge in [0.1, 0.15) is 12.2 Å². The Bertz CT molecular complexity index is 663. The maximum absolute atomic E-state index is 9.85. The minimum Gasteiger partial charge on any atom is -0.394 e. The summed E-state index contributed by atoms with van der Waals surface area (Å²) in [6, 6.07) is 20.0. The molecule has 1 aliphatic rings. The molecule has 2 unspecified atom stereocenters. The highest BCUT2D eigenvalue weighted by molar-refractivity contribution is 5.14. The lowest BCUT2D eigenvalue weighted by atomic mass is 9.92. The monoisotopic (exact) mass is 372 g/mol. The van der Waals surface area contributed by atoms with Crippen molar-refractivity contribution in [1.82, 2.24) is 0 Å². The van der Waals surface area contributed by atoms with Crippen molar-refractivity contribution < 1.29 is 24.1 Å². The maximum atomic E-state index is 9.85. The Hall–Kier alpha value is -1.76. The lowest BCUT2D eigenvalue weighted by Crippen LogP contribution is -2.57. The third kappa shape index (κ3) is 5.15.